The van der Waals surface area contributed by atoms with E-state index in [4.69, 9.17) is 5.73 Å². The molecule has 3 atom stereocenters. The molecule has 0 aromatic heterocycles. The van der Waals surface area contributed by atoms with Crippen LogP contribution in [0, 0.1) is 17.8 Å². The smallest absolute Gasteiger partial charge is 0.244 e. The van der Waals surface area contributed by atoms with Gasteiger partial charge in [-0.25, -0.2) is 0 Å². The van der Waals surface area contributed by atoms with Gasteiger partial charge in [0.05, 0.1) is 0 Å². The third kappa shape index (κ3) is 3.70. The van der Waals surface area contributed by atoms with Gasteiger partial charge in [-0.1, -0.05) is 6.42 Å². The van der Waals surface area contributed by atoms with Gasteiger partial charge in [-0.3, -0.25) is 9.59 Å². The average molecular weight is 321 g/mol. The van der Waals surface area contributed by atoms with Crippen molar-refractivity contribution >= 4 is 11.8 Å². The molecule has 0 spiro atoms. The minimum absolute atomic E-state index is 0.0432. The molecular formula is C18H31N3O2. The van der Waals surface area contributed by atoms with Crippen molar-refractivity contribution in [2.24, 2.45) is 23.5 Å². The third-order valence-corrected chi connectivity index (χ3v) is 6.18. The maximum atomic E-state index is 12.6. The van der Waals surface area contributed by atoms with Gasteiger partial charge in [-0.15, -0.1) is 0 Å². The number of nitrogens with two attached hydrogens (primary N) is 1. The molecule has 2 amide bonds. The molecule has 0 radical (unpaired) electrons. The van der Waals surface area contributed by atoms with Crippen LogP contribution in [-0.4, -0.2) is 41.9 Å². The second kappa shape index (κ2) is 7.20. The maximum Gasteiger partial charge on any atom is 0.244 e. The van der Waals surface area contributed by atoms with Crippen LogP contribution in [-0.2, 0) is 9.59 Å². The zero-order valence-corrected chi connectivity index (χ0v) is 14.3. The Kier molecular flexibility index (Phi) is 5.24. The van der Waals surface area contributed by atoms with Crippen LogP contribution in [0.15, 0.2) is 0 Å². The summed E-state index contributed by atoms with van der Waals surface area (Å²) in [4.78, 5) is 27.0. The van der Waals surface area contributed by atoms with Crippen LogP contribution in [0.5, 0.6) is 0 Å². The molecule has 5 nitrogen and oxygen atoms in total. The predicted octanol–water partition coefficient (Wildman–Crippen LogP) is 1.66. The number of hydrogen-bond acceptors (Lipinski definition) is 3. The van der Waals surface area contributed by atoms with Gasteiger partial charge >= 0.3 is 0 Å². The molecule has 1 heterocycles. The molecule has 2 saturated carbocycles. The number of nitrogens with zero attached hydrogens (tertiary/aromatic N) is 1. The molecule has 2 aliphatic carbocycles. The highest BCUT2D eigenvalue weighted by Crippen LogP contribution is 2.41. The standard InChI is InChI=1S/C18H31N3O2/c1-12(18(23)21-8-3-2-4-9-21)20-17(22)15-10-13-6-5-7-14(11-15)16(13)19/h12-16H,2-11,19H2,1H3,(H,20,22). The molecule has 3 rings (SSSR count). The third-order valence-electron chi connectivity index (χ3n) is 6.18. The van der Waals surface area contributed by atoms with Crippen LogP contribution in [0.25, 0.3) is 0 Å². The number of amides is 2. The van der Waals surface area contributed by atoms with Crippen molar-refractivity contribution in [3.05, 3.63) is 0 Å². The van der Waals surface area contributed by atoms with E-state index in [0.29, 0.717) is 11.8 Å². The van der Waals surface area contributed by atoms with Crippen LogP contribution in [0.2, 0.25) is 0 Å². The van der Waals surface area contributed by atoms with Crippen LogP contribution < -0.4 is 11.1 Å². The first kappa shape index (κ1) is 16.7. The van der Waals surface area contributed by atoms with Gasteiger partial charge in [0.15, 0.2) is 0 Å². The number of nitrogens with one attached hydrogen (secondary N) is 1. The molecule has 0 aromatic carbocycles. The first-order chi connectivity index (χ1) is 11.1. The predicted molar refractivity (Wildman–Crippen MR) is 89.6 cm³/mol. The summed E-state index contributed by atoms with van der Waals surface area (Å²) in [6, 6.07) is -0.128. The highest BCUT2D eigenvalue weighted by molar-refractivity contribution is 5.88. The molecular weight excluding hydrogens is 290 g/mol. The highest BCUT2D eigenvalue weighted by Gasteiger charge is 2.41. The normalized spacial score (nSPS) is 35.5. The van der Waals surface area contributed by atoms with Gasteiger partial charge in [0, 0.05) is 25.0 Å². The summed E-state index contributed by atoms with van der Waals surface area (Å²) in [7, 11) is 0. The van der Waals surface area contributed by atoms with E-state index in [1.54, 1.807) is 0 Å². The first-order valence-corrected chi connectivity index (χ1v) is 9.41. The van der Waals surface area contributed by atoms with Crippen molar-refractivity contribution in [1.82, 2.24) is 10.2 Å². The highest BCUT2D eigenvalue weighted by atomic mass is 16.2. The number of piperidine rings is 1. The van der Waals surface area contributed by atoms with Gasteiger partial charge < -0.3 is 16.0 Å². The Balaban J connectivity index is 1.53. The van der Waals surface area contributed by atoms with E-state index < -0.39 is 6.04 Å². The fraction of sp³-hybridized carbons (Fsp3) is 0.889. The Morgan fingerprint density at radius 1 is 1.04 bits per heavy atom. The SMILES string of the molecule is CC(NC(=O)C1CC2CCCC(C1)C2N)C(=O)N1CCCCC1. The molecule has 5 heteroatoms. The molecule has 3 N–H and O–H groups in total. The molecule has 2 bridgehead atoms. The Labute approximate surface area is 139 Å². The number of hydrogen-bond donors (Lipinski definition) is 2. The van der Waals surface area contributed by atoms with Crippen LogP contribution in [0.3, 0.4) is 0 Å². The number of carbonyl (C=O) groups excluding carboxylic acids is 2. The zero-order chi connectivity index (χ0) is 16.4. The minimum Gasteiger partial charge on any atom is -0.344 e. The maximum absolute atomic E-state index is 12.6. The van der Waals surface area contributed by atoms with E-state index >= 15 is 0 Å². The molecule has 3 aliphatic rings. The lowest BCUT2D eigenvalue weighted by atomic mass is 9.65. The topological polar surface area (TPSA) is 75.4 Å². The van der Waals surface area contributed by atoms with Crippen LogP contribution in [0.1, 0.15) is 58.3 Å². The van der Waals surface area contributed by atoms with E-state index in [2.05, 4.69) is 5.32 Å². The zero-order valence-electron chi connectivity index (χ0n) is 14.3. The van der Waals surface area contributed by atoms with Crippen molar-refractivity contribution in [2.75, 3.05) is 13.1 Å². The average Bonchev–Trinajstić information content (AvgIpc) is 2.54. The van der Waals surface area contributed by atoms with E-state index in [9.17, 15) is 9.59 Å². The lowest BCUT2D eigenvalue weighted by molar-refractivity contribution is -0.138. The van der Waals surface area contributed by atoms with E-state index in [0.717, 1.165) is 51.6 Å². The Morgan fingerprint density at radius 2 is 1.65 bits per heavy atom. The largest absolute Gasteiger partial charge is 0.344 e. The summed E-state index contributed by atoms with van der Waals surface area (Å²) >= 11 is 0. The molecule has 1 aliphatic heterocycles. The second-order valence-electron chi connectivity index (χ2n) is 7.81. The second-order valence-corrected chi connectivity index (χ2v) is 7.81. The molecule has 0 aromatic rings. The Bertz CT molecular complexity index is 434. The van der Waals surface area contributed by atoms with E-state index in [1.165, 1.54) is 12.8 Å². The summed E-state index contributed by atoms with van der Waals surface area (Å²) in [5.41, 5.74) is 6.30. The van der Waals surface area contributed by atoms with Crippen LogP contribution >= 0.6 is 0 Å². The Morgan fingerprint density at radius 3 is 2.26 bits per heavy atom. The summed E-state index contributed by atoms with van der Waals surface area (Å²) in [5, 5.41) is 2.98. The lowest BCUT2D eigenvalue weighted by Gasteiger charge is -2.43. The fourth-order valence-corrected chi connectivity index (χ4v) is 4.78. The van der Waals surface area contributed by atoms with Gasteiger partial charge in [0.2, 0.25) is 11.8 Å². The van der Waals surface area contributed by atoms with Gasteiger partial charge in [-0.05, 0) is 63.7 Å². The summed E-state index contributed by atoms with van der Waals surface area (Å²) in [6.45, 7) is 3.49. The first-order valence-electron chi connectivity index (χ1n) is 9.41. The minimum atomic E-state index is -0.406. The Hall–Kier alpha value is -1.10. The summed E-state index contributed by atoms with van der Waals surface area (Å²) < 4.78 is 0. The van der Waals surface area contributed by atoms with Crippen molar-refractivity contribution in [2.45, 2.75) is 70.4 Å². The number of rotatable bonds is 3. The quantitative estimate of drug-likeness (QED) is 0.830. The lowest BCUT2D eigenvalue weighted by Crippen LogP contribution is -2.53. The number of likely N-dealkylation sites (tertiary alicyclic amines) is 1. The molecule has 23 heavy (non-hydrogen) atoms. The van der Waals surface area contributed by atoms with Gasteiger partial charge in [0.25, 0.3) is 0 Å². The van der Waals surface area contributed by atoms with Crippen molar-refractivity contribution in [1.29, 1.82) is 0 Å². The van der Waals surface area contributed by atoms with E-state index in [-0.39, 0.29) is 23.8 Å². The fourth-order valence-electron chi connectivity index (χ4n) is 4.78. The summed E-state index contributed by atoms with van der Waals surface area (Å²) in [6.07, 6.45) is 8.72. The van der Waals surface area contributed by atoms with Crippen LogP contribution in [0.4, 0.5) is 0 Å². The van der Waals surface area contributed by atoms with E-state index in [1.807, 2.05) is 11.8 Å². The van der Waals surface area contributed by atoms with Crippen molar-refractivity contribution in [3.8, 4) is 0 Å². The number of carbonyl (C=O) groups is 2. The van der Waals surface area contributed by atoms with Gasteiger partial charge in [-0.2, -0.15) is 0 Å². The molecule has 3 unspecified atom stereocenters. The molecule has 130 valence electrons. The van der Waals surface area contributed by atoms with Crippen molar-refractivity contribution in [3.63, 3.8) is 0 Å². The molecule has 3 fully saturated rings. The van der Waals surface area contributed by atoms with Crippen molar-refractivity contribution < 1.29 is 9.59 Å². The van der Waals surface area contributed by atoms with Gasteiger partial charge in [0.1, 0.15) is 6.04 Å². The summed E-state index contributed by atoms with van der Waals surface area (Å²) in [5.74, 6) is 1.16. The monoisotopic (exact) mass is 321 g/mol. The number of fused-ring (bicyclic) bond motifs is 2. The molecule has 1 saturated heterocycles.